The summed E-state index contributed by atoms with van der Waals surface area (Å²) in [6.45, 7) is 6.30. The van der Waals surface area contributed by atoms with Crippen LogP contribution in [0, 0.1) is 20.8 Å². The van der Waals surface area contributed by atoms with Gasteiger partial charge < -0.3 is 0 Å². The van der Waals surface area contributed by atoms with Crippen LogP contribution in [0.2, 0.25) is 0 Å². The van der Waals surface area contributed by atoms with E-state index >= 15 is 0 Å². The molecule has 2 rings (SSSR count). The summed E-state index contributed by atoms with van der Waals surface area (Å²) in [5.74, 6) is 0.746. The molecule has 0 radical (unpaired) electrons. The predicted molar refractivity (Wildman–Crippen MR) is 76.1 cm³/mol. The Morgan fingerprint density at radius 2 is 1.83 bits per heavy atom. The van der Waals surface area contributed by atoms with Gasteiger partial charge in [0.15, 0.2) is 0 Å². The van der Waals surface area contributed by atoms with Crippen molar-refractivity contribution in [3.05, 3.63) is 58.8 Å². The van der Waals surface area contributed by atoms with Crippen LogP contribution in [0.5, 0.6) is 0 Å². The van der Waals surface area contributed by atoms with Gasteiger partial charge in [0.25, 0.3) is 0 Å². The highest BCUT2D eigenvalue weighted by molar-refractivity contribution is 5.84. The van der Waals surface area contributed by atoms with E-state index in [0.717, 1.165) is 11.4 Å². The van der Waals surface area contributed by atoms with Crippen LogP contribution < -0.4 is 5.43 Å². The molecule has 0 unspecified atom stereocenters. The van der Waals surface area contributed by atoms with E-state index < -0.39 is 0 Å². The summed E-state index contributed by atoms with van der Waals surface area (Å²) in [5.41, 5.74) is 7.83. The van der Waals surface area contributed by atoms with Crippen molar-refractivity contribution in [3.8, 4) is 0 Å². The first-order chi connectivity index (χ1) is 8.66. The van der Waals surface area contributed by atoms with Crippen molar-refractivity contribution in [3.63, 3.8) is 0 Å². The van der Waals surface area contributed by atoms with Crippen molar-refractivity contribution in [1.29, 1.82) is 0 Å². The zero-order valence-electron chi connectivity index (χ0n) is 10.9. The molecule has 0 atom stereocenters. The third-order valence-corrected chi connectivity index (χ3v) is 2.78. The highest BCUT2D eigenvalue weighted by Gasteiger charge is 2.00. The van der Waals surface area contributed by atoms with Gasteiger partial charge in [-0.2, -0.15) is 5.10 Å². The van der Waals surface area contributed by atoms with Crippen LogP contribution in [0.15, 0.2) is 41.6 Å². The van der Waals surface area contributed by atoms with Crippen molar-refractivity contribution in [2.45, 2.75) is 20.8 Å². The molecule has 3 nitrogen and oxygen atoms in total. The predicted octanol–water partition coefficient (Wildman–Crippen LogP) is 3.45. The lowest BCUT2D eigenvalue weighted by Crippen LogP contribution is -1.97. The van der Waals surface area contributed by atoms with Gasteiger partial charge in [0.1, 0.15) is 5.82 Å². The fourth-order valence-electron chi connectivity index (χ4n) is 1.99. The molecule has 0 spiro atoms. The average molecular weight is 239 g/mol. The van der Waals surface area contributed by atoms with Gasteiger partial charge in [-0.05, 0) is 44.0 Å². The minimum atomic E-state index is 0.746. The van der Waals surface area contributed by atoms with Gasteiger partial charge in [-0.3, -0.25) is 5.43 Å². The van der Waals surface area contributed by atoms with Crippen LogP contribution in [-0.2, 0) is 0 Å². The molecule has 18 heavy (non-hydrogen) atoms. The van der Waals surface area contributed by atoms with Crippen LogP contribution in [0.1, 0.15) is 22.3 Å². The number of hydrogen-bond acceptors (Lipinski definition) is 3. The van der Waals surface area contributed by atoms with Crippen molar-refractivity contribution in [1.82, 2.24) is 4.98 Å². The zero-order chi connectivity index (χ0) is 13.0. The third-order valence-electron chi connectivity index (χ3n) is 2.78. The van der Waals surface area contributed by atoms with Crippen molar-refractivity contribution < 1.29 is 0 Å². The topological polar surface area (TPSA) is 37.3 Å². The van der Waals surface area contributed by atoms with Gasteiger partial charge in [0.05, 0.1) is 6.21 Å². The maximum Gasteiger partial charge on any atom is 0.146 e. The van der Waals surface area contributed by atoms with Gasteiger partial charge in [0, 0.05) is 11.8 Å². The van der Waals surface area contributed by atoms with E-state index in [1.165, 1.54) is 16.7 Å². The molecule has 2 aromatic rings. The molecule has 0 bridgehead atoms. The number of pyridine rings is 1. The molecular formula is C15H17N3. The van der Waals surface area contributed by atoms with Gasteiger partial charge in [-0.15, -0.1) is 0 Å². The van der Waals surface area contributed by atoms with Crippen LogP contribution in [-0.4, -0.2) is 11.2 Å². The Hall–Kier alpha value is -2.16. The zero-order valence-corrected chi connectivity index (χ0v) is 10.9. The Labute approximate surface area is 108 Å². The Kier molecular flexibility index (Phi) is 3.72. The first-order valence-electron chi connectivity index (χ1n) is 5.95. The molecule has 0 aliphatic rings. The lowest BCUT2D eigenvalue weighted by atomic mass is 10.0. The third kappa shape index (κ3) is 2.94. The molecule has 1 N–H and O–H groups in total. The van der Waals surface area contributed by atoms with E-state index in [0.29, 0.717) is 0 Å². The lowest BCUT2D eigenvalue weighted by Gasteiger charge is -2.06. The smallest absolute Gasteiger partial charge is 0.146 e. The average Bonchev–Trinajstić information content (AvgIpc) is 2.34. The number of rotatable bonds is 3. The van der Waals surface area contributed by atoms with E-state index in [9.17, 15) is 0 Å². The van der Waals surface area contributed by atoms with Crippen LogP contribution in [0.3, 0.4) is 0 Å². The number of hydrazone groups is 1. The van der Waals surface area contributed by atoms with Gasteiger partial charge in [-0.25, -0.2) is 4.98 Å². The summed E-state index contributed by atoms with van der Waals surface area (Å²) in [5, 5.41) is 4.23. The molecule has 0 saturated carbocycles. The van der Waals surface area contributed by atoms with E-state index in [1.807, 2.05) is 24.4 Å². The number of anilines is 1. The molecule has 0 aliphatic carbocycles. The lowest BCUT2D eigenvalue weighted by molar-refractivity contribution is 1.22. The molecule has 3 heteroatoms. The monoisotopic (exact) mass is 239 g/mol. The highest BCUT2D eigenvalue weighted by atomic mass is 15.3. The molecule has 0 saturated heterocycles. The van der Waals surface area contributed by atoms with E-state index in [1.54, 1.807) is 6.20 Å². The summed E-state index contributed by atoms with van der Waals surface area (Å²) in [7, 11) is 0. The minimum absolute atomic E-state index is 0.746. The number of aromatic nitrogens is 1. The highest BCUT2D eigenvalue weighted by Crippen LogP contribution is 2.14. The maximum absolute atomic E-state index is 4.23. The summed E-state index contributed by atoms with van der Waals surface area (Å²) in [4.78, 5) is 4.14. The van der Waals surface area contributed by atoms with Gasteiger partial charge in [0.2, 0.25) is 0 Å². The number of nitrogens with zero attached hydrogens (tertiary/aromatic N) is 2. The summed E-state index contributed by atoms with van der Waals surface area (Å²) < 4.78 is 0. The molecular weight excluding hydrogens is 222 g/mol. The molecule has 0 aliphatic heterocycles. The minimum Gasteiger partial charge on any atom is -0.261 e. The summed E-state index contributed by atoms with van der Waals surface area (Å²) in [6.07, 6.45) is 3.58. The van der Waals surface area contributed by atoms with E-state index in [-0.39, 0.29) is 0 Å². The SMILES string of the molecule is Cc1cc(C)c(/C=N/Nc2ccccn2)c(C)c1. The standard InChI is InChI=1S/C15H17N3/c1-11-8-12(2)14(13(3)9-11)10-17-18-15-6-4-5-7-16-15/h4-10H,1-3H3,(H,16,18)/b17-10+. The second-order valence-electron chi connectivity index (χ2n) is 4.40. The number of benzene rings is 1. The number of hydrogen-bond donors (Lipinski definition) is 1. The van der Waals surface area contributed by atoms with Gasteiger partial charge >= 0.3 is 0 Å². The Balaban J connectivity index is 2.15. The first-order valence-corrected chi connectivity index (χ1v) is 5.95. The second kappa shape index (κ2) is 5.45. The maximum atomic E-state index is 4.23. The molecule has 1 aromatic carbocycles. The fourth-order valence-corrected chi connectivity index (χ4v) is 1.99. The van der Waals surface area contributed by atoms with Crippen molar-refractivity contribution in [2.75, 3.05) is 5.43 Å². The molecule has 0 amide bonds. The largest absolute Gasteiger partial charge is 0.261 e. The van der Waals surface area contributed by atoms with Gasteiger partial charge in [-0.1, -0.05) is 23.8 Å². The number of aryl methyl sites for hydroxylation is 3. The Morgan fingerprint density at radius 3 is 2.44 bits per heavy atom. The van der Waals surface area contributed by atoms with Crippen molar-refractivity contribution in [2.24, 2.45) is 5.10 Å². The van der Waals surface area contributed by atoms with Crippen LogP contribution in [0.25, 0.3) is 0 Å². The van der Waals surface area contributed by atoms with Crippen LogP contribution >= 0.6 is 0 Å². The molecule has 0 fully saturated rings. The number of nitrogens with one attached hydrogen (secondary N) is 1. The second-order valence-corrected chi connectivity index (χ2v) is 4.40. The normalized spacial score (nSPS) is 10.8. The molecule has 92 valence electrons. The van der Waals surface area contributed by atoms with Crippen molar-refractivity contribution >= 4 is 12.0 Å². The first kappa shape index (κ1) is 12.3. The molecule has 1 heterocycles. The van der Waals surface area contributed by atoms with E-state index in [4.69, 9.17) is 0 Å². The Bertz CT molecular complexity index is 536. The summed E-state index contributed by atoms with van der Waals surface area (Å²) >= 11 is 0. The summed E-state index contributed by atoms with van der Waals surface area (Å²) in [6, 6.07) is 10.0. The van der Waals surface area contributed by atoms with Crippen LogP contribution in [0.4, 0.5) is 5.82 Å². The molecule has 1 aromatic heterocycles. The van der Waals surface area contributed by atoms with E-state index in [2.05, 4.69) is 48.4 Å². The fraction of sp³-hybridized carbons (Fsp3) is 0.200. The quantitative estimate of drug-likeness (QED) is 0.658. The Morgan fingerprint density at radius 1 is 1.11 bits per heavy atom.